The second kappa shape index (κ2) is 6.24. The van der Waals surface area contributed by atoms with Crippen LogP contribution < -0.4 is 5.32 Å². The van der Waals surface area contributed by atoms with Crippen molar-refractivity contribution in [2.45, 2.75) is 12.1 Å². The molecule has 1 N–H and O–H groups in total. The fraction of sp³-hybridized carbons (Fsp3) is 0.133. The highest BCUT2D eigenvalue weighted by molar-refractivity contribution is 7.98. The van der Waals surface area contributed by atoms with Gasteiger partial charge < -0.3 is 5.32 Å². The van der Waals surface area contributed by atoms with Gasteiger partial charge in [0, 0.05) is 0 Å². The average Bonchev–Trinajstić information content (AvgIpc) is 2.89. The molecule has 21 heavy (non-hydrogen) atoms. The predicted octanol–water partition coefficient (Wildman–Crippen LogP) is 4.37. The molecule has 0 saturated carbocycles. The summed E-state index contributed by atoms with van der Waals surface area (Å²) in [6.07, 6.45) is 5.51. The van der Waals surface area contributed by atoms with Gasteiger partial charge in [-0.2, -0.15) is 0 Å². The molecule has 1 aromatic carbocycles. The number of thiazole rings is 1. The number of anilines is 2. The lowest BCUT2D eigenvalue weighted by Gasteiger charge is -2.01. The number of nitrogens with zero attached hydrogens (tertiary/aromatic N) is 3. The van der Waals surface area contributed by atoms with Gasteiger partial charge in [-0.15, -0.1) is 0 Å². The van der Waals surface area contributed by atoms with E-state index in [4.69, 9.17) is 0 Å². The quantitative estimate of drug-likeness (QED) is 0.572. The average molecular weight is 314 g/mol. The van der Waals surface area contributed by atoms with Crippen LogP contribution in [0.4, 0.5) is 10.8 Å². The molecule has 0 aliphatic heterocycles. The van der Waals surface area contributed by atoms with Gasteiger partial charge in [0.25, 0.3) is 0 Å². The maximum Gasteiger partial charge on any atom is 0.188 e. The Morgan fingerprint density at radius 1 is 1.10 bits per heavy atom. The summed E-state index contributed by atoms with van der Waals surface area (Å²) in [5.41, 5.74) is 3.06. The van der Waals surface area contributed by atoms with Gasteiger partial charge in [0.05, 0.1) is 28.7 Å². The summed E-state index contributed by atoms with van der Waals surface area (Å²) in [5.74, 6) is 0. The summed E-state index contributed by atoms with van der Waals surface area (Å²) in [7, 11) is 0. The Morgan fingerprint density at radius 2 is 1.81 bits per heavy atom. The molecule has 0 fully saturated rings. The Kier molecular flexibility index (Phi) is 4.17. The molecule has 3 aromatic rings. The molecule has 0 aliphatic carbocycles. The van der Waals surface area contributed by atoms with Crippen LogP contribution in [0.25, 0.3) is 10.4 Å². The van der Waals surface area contributed by atoms with Crippen molar-refractivity contribution in [3.8, 4) is 10.4 Å². The van der Waals surface area contributed by atoms with E-state index in [2.05, 4.69) is 32.4 Å². The molecule has 0 spiro atoms. The van der Waals surface area contributed by atoms with E-state index in [9.17, 15) is 0 Å². The van der Waals surface area contributed by atoms with Gasteiger partial charge in [-0.3, -0.25) is 0 Å². The molecule has 4 nitrogen and oxygen atoms in total. The van der Waals surface area contributed by atoms with Crippen LogP contribution in [0.5, 0.6) is 0 Å². The van der Waals surface area contributed by atoms with Crippen molar-refractivity contribution in [1.29, 1.82) is 0 Å². The fourth-order valence-electron chi connectivity index (χ4n) is 1.92. The fourth-order valence-corrected chi connectivity index (χ4v) is 3.23. The van der Waals surface area contributed by atoms with Gasteiger partial charge in [0.1, 0.15) is 0 Å². The Labute approximate surface area is 131 Å². The van der Waals surface area contributed by atoms with E-state index in [1.807, 2.05) is 31.4 Å². The highest BCUT2D eigenvalue weighted by atomic mass is 32.2. The van der Waals surface area contributed by atoms with E-state index in [0.717, 1.165) is 21.7 Å². The van der Waals surface area contributed by atoms with Crippen LogP contribution >= 0.6 is 23.1 Å². The Balaban J connectivity index is 1.83. The minimum absolute atomic E-state index is 0.765. The van der Waals surface area contributed by atoms with E-state index < -0.39 is 0 Å². The smallest absolute Gasteiger partial charge is 0.188 e. The second-order valence-electron chi connectivity index (χ2n) is 4.38. The maximum atomic E-state index is 4.57. The molecule has 0 saturated heterocycles. The van der Waals surface area contributed by atoms with Gasteiger partial charge in [0.2, 0.25) is 0 Å². The lowest BCUT2D eigenvalue weighted by Crippen LogP contribution is -1.93. The predicted molar refractivity (Wildman–Crippen MR) is 89.4 cm³/mol. The zero-order chi connectivity index (χ0) is 14.7. The van der Waals surface area contributed by atoms with Crippen molar-refractivity contribution in [2.75, 3.05) is 11.6 Å². The van der Waals surface area contributed by atoms with Crippen LogP contribution in [0, 0.1) is 6.92 Å². The molecular formula is C15H14N4S2. The molecular weight excluding hydrogens is 300 g/mol. The zero-order valence-corrected chi connectivity index (χ0v) is 13.3. The van der Waals surface area contributed by atoms with Gasteiger partial charge in [0.15, 0.2) is 10.3 Å². The SMILES string of the molecule is CSc1ncc(Nc2nc(C)c(-c3ccccc3)s2)cn1. The van der Waals surface area contributed by atoms with Crippen molar-refractivity contribution in [1.82, 2.24) is 15.0 Å². The molecule has 2 heterocycles. The van der Waals surface area contributed by atoms with E-state index in [1.165, 1.54) is 22.2 Å². The van der Waals surface area contributed by atoms with Crippen molar-refractivity contribution < 1.29 is 0 Å². The first-order valence-corrected chi connectivity index (χ1v) is 8.46. The molecule has 0 atom stereocenters. The van der Waals surface area contributed by atoms with Crippen LogP contribution in [-0.2, 0) is 0 Å². The summed E-state index contributed by atoms with van der Waals surface area (Å²) >= 11 is 3.16. The van der Waals surface area contributed by atoms with Crippen LogP contribution in [0.15, 0.2) is 47.9 Å². The molecule has 6 heteroatoms. The van der Waals surface area contributed by atoms with Crippen molar-refractivity contribution in [2.24, 2.45) is 0 Å². The Morgan fingerprint density at radius 3 is 2.48 bits per heavy atom. The van der Waals surface area contributed by atoms with Crippen LogP contribution in [0.2, 0.25) is 0 Å². The third-order valence-electron chi connectivity index (χ3n) is 2.89. The molecule has 0 unspecified atom stereocenters. The maximum absolute atomic E-state index is 4.57. The number of rotatable bonds is 4. The minimum atomic E-state index is 0.765. The molecule has 0 amide bonds. The van der Waals surface area contributed by atoms with Gasteiger partial charge >= 0.3 is 0 Å². The van der Waals surface area contributed by atoms with Crippen molar-refractivity contribution in [3.63, 3.8) is 0 Å². The first-order chi connectivity index (χ1) is 10.3. The zero-order valence-electron chi connectivity index (χ0n) is 11.7. The molecule has 2 aromatic heterocycles. The number of thioether (sulfide) groups is 1. The first-order valence-electron chi connectivity index (χ1n) is 6.42. The van der Waals surface area contributed by atoms with E-state index in [1.54, 1.807) is 23.7 Å². The standard InChI is InChI=1S/C15H14N4S2/c1-10-13(11-6-4-3-5-7-11)21-15(18-10)19-12-8-16-14(20-2)17-9-12/h3-9H,1-2H3,(H,18,19). The third-order valence-corrected chi connectivity index (χ3v) is 4.59. The Hall–Kier alpha value is -1.92. The summed E-state index contributed by atoms with van der Waals surface area (Å²) in [5, 5.41) is 4.88. The van der Waals surface area contributed by atoms with Gasteiger partial charge in [-0.05, 0) is 18.7 Å². The number of benzene rings is 1. The summed E-state index contributed by atoms with van der Waals surface area (Å²) in [4.78, 5) is 14.2. The molecule has 0 aliphatic rings. The molecule has 0 radical (unpaired) electrons. The lowest BCUT2D eigenvalue weighted by atomic mass is 10.2. The van der Waals surface area contributed by atoms with Gasteiger partial charge in [-0.25, -0.2) is 15.0 Å². The number of nitrogens with one attached hydrogen (secondary N) is 1. The first kappa shape index (κ1) is 14.0. The minimum Gasteiger partial charge on any atom is -0.329 e. The van der Waals surface area contributed by atoms with Crippen LogP contribution in [-0.4, -0.2) is 21.2 Å². The monoisotopic (exact) mass is 314 g/mol. The number of aromatic nitrogens is 3. The largest absolute Gasteiger partial charge is 0.329 e. The number of hydrogen-bond donors (Lipinski definition) is 1. The van der Waals surface area contributed by atoms with E-state index >= 15 is 0 Å². The Bertz CT molecular complexity index is 723. The van der Waals surface area contributed by atoms with Crippen LogP contribution in [0.1, 0.15) is 5.69 Å². The van der Waals surface area contributed by atoms with E-state index in [-0.39, 0.29) is 0 Å². The summed E-state index contributed by atoms with van der Waals surface area (Å²) in [6, 6.07) is 10.3. The lowest BCUT2D eigenvalue weighted by molar-refractivity contribution is 0.972. The topological polar surface area (TPSA) is 50.7 Å². The highest BCUT2D eigenvalue weighted by Gasteiger charge is 2.09. The van der Waals surface area contributed by atoms with Gasteiger partial charge in [-0.1, -0.05) is 53.4 Å². The normalized spacial score (nSPS) is 10.6. The number of aryl methyl sites for hydroxylation is 1. The second-order valence-corrected chi connectivity index (χ2v) is 6.16. The third kappa shape index (κ3) is 3.22. The van der Waals surface area contributed by atoms with E-state index in [0.29, 0.717) is 0 Å². The van der Waals surface area contributed by atoms with Crippen molar-refractivity contribution in [3.05, 3.63) is 48.4 Å². The molecule has 3 rings (SSSR count). The summed E-state index contributed by atoms with van der Waals surface area (Å²) in [6.45, 7) is 2.03. The van der Waals surface area contributed by atoms with Crippen LogP contribution in [0.3, 0.4) is 0 Å². The summed E-state index contributed by atoms with van der Waals surface area (Å²) < 4.78 is 0. The molecule has 106 valence electrons. The highest BCUT2D eigenvalue weighted by Crippen LogP contribution is 2.33. The van der Waals surface area contributed by atoms with Crippen molar-refractivity contribution >= 4 is 33.9 Å². The number of hydrogen-bond acceptors (Lipinski definition) is 6. The molecule has 0 bridgehead atoms.